The van der Waals surface area contributed by atoms with E-state index in [1.807, 2.05) is 0 Å². The molecule has 0 saturated carbocycles. The molecule has 6 heteroatoms. The van der Waals surface area contributed by atoms with Crippen LogP contribution >= 0.6 is 0 Å². The normalized spacial score (nSPS) is 11.1. The molecular weight excluding hydrogens is 180 g/mol. The van der Waals surface area contributed by atoms with Crippen LogP contribution in [0.1, 0.15) is 13.8 Å². The standard InChI is InChI=1S/C8H10N6/c1-6(2)14-13-5-12-8(4-10)7(11)3-9/h5H,11H2,1-2H3,(H,12,13). The van der Waals surface area contributed by atoms with Gasteiger partial charge >= 0.3 is 0 Å². The van der Waals surface area contributed by atoms with Gasteiger partial charge < -0.3 is 5.73 Å². The number of hydrazone groups is 1. The SMILES string of the molecule is CC(C)=NNC=NC(C#N)=C(N)C#N. The van der Waals surface area contributed by atoms with Gasteiger partial charge in [0.15, 0.2) is 5.70 Å². The van der Waals surface area contributed by atoms with Gasteiger partial charge in [-0.3, -0.25) is 5.43 Å². The first-order chi connectivity index (χ1) is 6.61. The Labute approximate surface area is 82.0 Å². The van der Waals surface area contributed by atoms with Gasteiger partial charge in [0.25, 0.3) is 0 Å². The van der Waals surface area contributed by atoms with Crippen LogP contribution in [0.2, 0.25) is 0 Å². The van der Waals surface area contributed by atoms with Gasteiger partial charge in [-0.25, -0.2) is 4.99 Å². The lowest BCUT2D eigenvalue weighted by Gasteiger charge is -1.91. The van der Waals surface area contributed by atoms with E-state index in [0.29, 0.717) is 0 Å². The zero-order valence-electron chi connectivity index (χ0n) is 7.94. The Hall–Kier alpha value is -2.34. The molecule has 0 aromatic heterocycles. The average Bonchev–Trinajstić information content (AvgIpc) is 2.16. The fourth-order valence-electron chi connectivity index (χ4n) is 0.463. The first-order valence-corrected chi connectivity index (χ1v) is 3.70. The van der Waals surface area contributed by atoms with Crippen LogP contribution in [0.25, 0.3) is 0 Å². The van der Waals surface area contributed by atoms with E-state index in [4.69, 9.17) is 16.3 Å². The van der Waals surface area contributed by atoms with Crippen LogP contribution < -0.4 is 11.2 Å². The van der Waals surface area contributed by atoms with Crippen molar-refractivity contribution in [2.24, 2.45) is 15.8 Å². The molecule has 0 aromatic rings. The van der Waals surface area contributed by atoms with Crippen molar-refractivity contribution < 1.29 is 0 Å². The van der Waals surface area contributed by atoms with E-state index in [0.717, 1.165) is 5.71 Å². The predicted molar refractivity (Wildman–Crippen MR) is 52.9 cm³/mol. The van der Waals surface area contributed by atoms with Crippen LogP contribution in [0.4, 0.5) is 0 Å². The summed E-state index contributed by atoms with van der Waals surface area (Å²) < 4.78 is 0. The van der Waals surface area contributed by atoms with E-state index in [1.165, 1.54) is 6.34 Å². The highest BCUT2D eigenvalue weighted by atomic mass is 15.3. The monoisotopic (exact) mass is 190 g/mol. The van der Waals surface area contributed by atoms with Crippen LogP contribution in [-0.2, 0) is 0 Å². The fourth-order valence-corrected chi connectivity index (χ4v) is 0.463. The lowest BCUT2D eigenvalue weighted by atomic mass is 10.4. The van der Waals surface area contributed by atoms with Crippen molar-refractivity contribution in [1.29, 1.82) is 10.5 Å². The van der Waals surface area contributed by atoms with E-state index >= 15 is 0 Å². The highest BCUT2D eigenvalue weighted by molar-refractivity contribution is 5.79. The molecule has 0 spiro atoms. The highest BCUT2D eigenvalue weighted by Crippen LogP contribution is 1.96. The minimum absolute atomic E-state index is 0.135. The lowest BCUT2D eigenvalue weighted by molar-refractivity contribution is 1.04. The molecule has 0 aliphatic heterocycles. The van der Waals surface area contributed by atoms with Crippen LogP contribution in [0, 0.1) is 22.7 Å². The Balaban J connectivity index is 4.46. The average molecular weight is 190 g/mol. The summed E-state index contributed by atoms with van der Waals surface area (Å²) in [6.07, 6.45) is 1.19. The van der Waals surface area contributed by atoms with Crippen molar-refractivity contribution in [3.8, 4) is 12.1 Å². The van der Waals surface area contributed by atoms with Gasteiger partial charge in [0.1, 0.15) is 24.2 Å². The van der Waals surface area contributed by atoms with Gasteiger partial charge in [-0.05, 0) is 13.8 Å². The molecule has 0 unspecified atom stereocenters. The number of hydrogen-bond donors (Lipinski definition) is 2. The smallest absolute Gasteiger partial charge is 0.175 e. The molecule has 3 N–H and O–H groups in total. The largest absolute Gasteiger partial charge is 0.388 e. The molecular formula is C8H10N6. The summed E-state index contributed by atoms with van der Waals surface area (Å²) in [5, 5.41) is 20.7. The molecule has 0 radical (unpaired) electrons. The number of nitrogens with zero attached hydrogens (tertiary/aromatic N) is 4. The van der Waals surface area contributed by atoms with Crippen LogP contribution in [0.3, 0.4) is 0 Å². The molecule has 0 aromatic carbocycles. The Morgan fingerprint density at radius 1 is 1.36 bits per heavy atom. The van der Waals surface area contributed by atoms with Crippen molar-refractivity contribution in [3.05, 3.63) is 11.4 Å². The second-order valence-corrected chi connectivity index (χ2v) is 2.43. The summed E-state index contributed by atoms with van der Waals surface area (Å²) in [6, 6.07) is 3.31. The van der Waals surface area contributed by atoms with Crippen molar-refractivity contribution in [2.75, 3.05) is 0 Å². The van der Waals surface area contributed by atoms with Crippen molar-refractivity contribution in [3.63, 3.8) is 0 Å². The molecule has 0 fully saturated rings. The summed E-state index contributed by atoms with van der Waals surface area (Å²) in [5.41, 5.74) is 8.12. The highest BCUT2D eigenvalue weighted by Gasteiger charge is 1.97. The summed E-state index contributed by atoms with van der Waals surface area (Å²) in [6.45, 7) is 3.59. The summed E-state index contributed by atoms with van der Waals surface area (Å²) in [5.74, 6) is 0. The third-order valence-electron chi connectivity index (χ3n) is 1.02. The second kappa shape index (κ2) is 6.21. The van der Waals surface area contributed by atoms with Gasteiger partial charge in [-0.15, -0.1) is 0 Å². The molecule has 72 valence electrons. The first-order valence-electron chi connectivity index (χ1n) is 3.70. The Morgan fingerprint density at radius 2 is 2.00 bits per heavy atom. The fraction of sp³-hybridized carbons (Fsp3) is 0.250. The Morgan fingerprint density at radius 3 is 2.43 bits per heavy atom. The molecule has 0 rings (SSSR count). The van der Waals surface area contributed by atoms with Gasteiger partial charge in [-0.1, -0.05) is 0 Å². The Kier molecular flexibility index (Phi) is 5.17. The molecule has 0 aliphatic carbocycles. The van der Waals surface area contributed by atoms with E-state index in [-0.39, 0.29) is 11.4 Å². The lowest BCUT2D eigenvalue weighted by Crippen LogP contribution is -2.05. The quantitative estimate of drug-likeness (QED) is 0.287. The summed E-state index contributed by atoms with van der Waals surface area (Å²) in [4.78, 5) is 3.61. The van der Waals surface area contributed by atoms with Crippen LogP contribution in [0.15, 0.2) is 21.5 Å². The summed E-state index contributed by atoms with van der Waals surface area (Å²) >= 11 is 0. The van der Waals surface area contributed by atoms with Crippen molar-refractivity contribution in [1.82, 2.24) is 5.43 Å². The van der Waals surface area contributed by atoms with Gasteiger partial charge in [0.2, 0.25) is 0 Å². The van der Waals surface area contributed by atoms with E-state index in [2.05, 4.69) is 15.5 Å². The van der Waals surface area contributed by atoms with Gasteiger partial charge in [0.05, 0.1) is 0 Å². The minimum Gasteiger partial charge on any atom is -0.388 e. The maximum absolute atomic E-state index is 8.52. The first kappa shape index (κ1) is 11.7. The van der Waals surface area contributed by atoms with Crippen molar-refractivity contribution >= 4 is 12.1 Å². The maximum atomic E-state index is 8.52. The maximum Gasteiger partial charge on any atom is 0.175 e. The number of rotatable bonds is 3. The van der Waals surface area contributed by atoms with Crippen LogP contribution in [-0.4, -0.2) is 12.1 Å². The zero-order valence-corrected chi connectivity index (χ0v) is 7.94. The molecule has 14 heavy (non-hydrogen) atoms. The van der Waals surface area contributed by atoms with E-state index in [1.54, 1.807) is 26.0 Å². The molecule has 6 nitrogen and oxygen atoms in total. The number of allylic oxidation sites excluding steroid dienone is 2. The third kappa shape index (κ3) is 4.52. The second-order valence-electron chi connectivity index (χ2n) is 2.43. The zero-order chi connectivity index (χ0) is 11.0. The number of nitrogens with one attached hydrogen (secondary N) is 1. The minimum atomic E-state index is -0.220. The molecule has 0 atom stereocenters. The topological polar surface area (TPSA) is 110 Å². The van der Waals surface area contributed by atoms with Crippen LogP contribution in [0.5, 0.6) is 0 Å². The predicted octanol–water partition coefficient (Wildman–Crippen LogP) is 0.218. The number of nitriles is 2. The van der Waals surface area contributed by atoms with Gasteiger partial charge in [0, 0.05) is 5.71 Å². The molecule has 0 bridgehead atoms. The summed E-state index contributed by atoms with van der Waals surface area (Å²) in [7, 11) is 0. The van der Waals surface area contributed by atoms with E-state index < -0.39 is 0 Å². The van der Waals surface area contributed by atoms with Gasteiger partial charge in [-0.2, -0.15) is 15.6 Å². The number of nitrogens with two attached hydrogens (primary N) is 1. The number of hydrogen-bond acceptors (Lipinski definition) is 5. The third-order valence-corrected chi connectivity index (χ3v) is 1.02. The molecule has 0 heterocycles. The van der Waals surface area contributed by atoms with E-state index in [9.17, 15) is 0 Å². The molecule has 0 amide bonds. The molecule has 0 aliphatic rings. The Bertz CT molecular complexity index is 358. The number of aliphatic imine (C=N–C) groups is 1. The molecule has 0 saturated heterocycles. The van der Waals surface area contributed by atoms with Crippen molar-refractivity contribution in [2.45, 2.75) is 13.8 Å².